The fourth-order valence-corrected chi connectivity index (χ4v) is 9.32. The van der Waals surface area contributed by atoms with Gasteiger partial charge in [-0.25, -0.2) is 0 Å². The van der Waals surface area contributed by atoms with E-state index < -0.39 is 0 Å². The van der Waals surface area contributed by atoms with Crippen molar-refractivity contribution in [2.45, 2.75) is 0 Å². The van der Waals surface area contributed by atoms with Gasteiger partial charge in [0.2, 0.25) is 0 Å². The highest BCUT2D eigenvalue weighted by Crippen LogP contribution is 2.43. The molecule has 0 aliphatic carbocycles. The maximum Gasteiger partial charge on any atom is 0.0562 e. The van der Waals surface area contributed by atoms with Crippen LogP contribution in [-0.2, 0) is 0 Å². The van der Waals surface area contributed by atoms with Crippen LogP contribution in [0.25, 0.3) is 97.1 Å². The zero-order valence-corrected chi connectivity index (χ0v) is 27.3. The lowest BCUT2D eigenvalue weighted by molar-refractivity contribution is 1.16. The minimum atomic E-state index is 1.16. The minimum Gasteiger partial charge on any atom is -0.309 e. The largest absolute Gasteiger partial charge is 0.309 e. The summed E-state index contributed by atoms with van der Waals surface area (Å²) in [4.78, 5) is 0. The first-order valence-electron chi connectivity index (χ1n) is 16.8. The summed E-state index contributed by atoms with van der Waals surface area (Å²) >= 11 is 1.87. The lowest BCUT2D eigenvalue weighted by atomic mass is 9.99. The second-order valence-electron chi connectivity index (χ2n) is 12.9. The van der Waals surface area contributed by atoms with Crippen molar-refractivity contribution in [2.24, 2.45) is 0 Å². The van der Waals surface area contributed by atoms with Crippen molar-refractivity contribution in [1.29, 1.82) is 0 Å². The molecule has 0 bridgehead atoms. The number of para-hydroxylation sites is 2. The van der Waals surface area contributed by atoms with Crippen LogP contribution in [-0.4, -0.2) is 9.13 Å². The van der Waals surface area contributed by atoms with Crippen molar-refractivity contribution < 1.29 is 0 Å². The fourth-order valence-electron chi connectivity index (χ4n) is 8.19. The molecule has 0 unspecified atom stereocenters. The van der Waals surface area contributed by atoms with E-state index in [9.17, 15) is 0 Å². The second kappa shape index (κ2) is 10.2. The van der Waals surface area contributed by atoms with Crippen molar-refractivity contribution >= 4 is 85.9 Å². The predicted octanol–water partition coefficient (Wildman–Crippen LogP) is 13.1. The van der Waals surface area contributed by atoms with Gasteiger partial charge in [0.05, 0.1) is 22.1 Å². The zero-order chi connectivity index (χ0) is 32.1. The maximum absolute atomic E-state index is 2.44. The van der Waals surface area contributed by atoms with Crippen LogP contribution in [0.2, 0.25) is 0 Å². The summed E-state index contributed by atoms with van der Waals surface area (Å²) in [5.41, 5.74) is 9.69. The van der Waals surface area contributed by atoms with Gasteiger partial charge < -0.3 is 9.13 Å². The number of benzene rings is 8. The molecule has 8 aromatic carbocycles. The normalized spacial score (nSPS) is 12.1. The third-order valence-corrected chi connectivity index (χ3v) is 11.4. The van der Waals surface area contributed by atoms with E-state index in [1.807, 2.05) is 11.3 Å². The van der Waals surface area contributed by atoms with Gasteiger partial charge in [-0.1, -0.05) is 109 Å². The van der Waals surface area contributed by atoms with Crippen molar-refractivity contribution in [3.05, 3.63) is 170 Å². The van der Waals surface area contributed by atoms with Crippen LogP contribution >= 0.6 is 11.3 Å². The molecule has 228 valence electrons. The van der Waals surface area contributed by atoms with E-state index in [0.29, 0.717) is 0 Å². The Hall–Kier alpha value is -6.16. The van der Waals surface area contributed by atoms with E-state index in [4.69, 9.17) is 0 Å². The first-order chi connectivity index (χ1) is 24.3. The van der Waals surface area contributed by atoms with Crippen LogP contribution < -0.4 is 0 Å². The highest BCUT2D eigenvalue weighted by molar-refractivity contribution is 7.25. The third-order valence-electron chi connectivity index (χ3n) is 10.3. The van der Waals surface area contributed by atoms with Gasteiger partial charge in [0.1, 0.15) is 0 Å². The molecule has 0 fully saturated rings. The monoisotopic (exact) mass is 640 g/mol. The Morgan fingerprint density at radius 2 is 1.02 bits per heavy atom. The first kappa shape index (κ1) is 26.9. The Labute approximate surface area is 286 Å². The summed E-state index contributed by atoms with van der Waals surface area (Å²) in [6, 6.07) is 62.4. The molecule has 3 heteroatoms. The standard InChI is InChI=1S/C46H28N2S/c1-2-12-31(13-3-1)48-40-26-23-29-11-4-5-14-33(29)45(40)38-27-37-35-15-6-8-18-39(35)47(41(37)28-42(38)48)32-24-21-30(22-25-32)34-17-10-20-44-46(34)36-16-7-9-19-43(36)49-44/h1-28H. The number of hydrogen-bond donors (Lipinski definition) is 0. The average molecular weight is 641 g/mol. The van der Waals surface area contributed by atoms with E-state index in [1.54, 1.807) is 0 Å². The van der Waals surface area contributed by atoms with Gasteiger partial charge in [-0.3, -0.25) is 0 Å². The van der Waals surface area contributed by atoms with Crippen molar-refractivity contribution in [1.82, 2.24) is 9.13 Å². The summed E-state index contributed by atoms with van der Waals surface area (Å²) in [6.07, 6.45) is 0. The number of aromatic nitrogens is 2. The topological polar surface area (TPSA) is 9.86 Å². The molecule has 0 aliphatic heterocycles. The number of hydrogen-bond acceptors (Lipinski definition) is 1. The van der Waals surface area contributed by atoms with Crippen LogP contribution in [0.4, 0.5) is 0 Å². The highest BCUT2D eigenvalue weighted by atomic mass is 32.1. The molecule has 49 heavy (non-hydrogen) atoms. The number of thiophene rings is 1. The maximum atomic E-state index is 2.44. The van der Waals surface area contributed by atoms with E-state index in [0.717, 1.165) is 5.69 Å². The van der Waals surface area contributed by atoms with E-state index in [1.165, 1.54) is 91.4 Å². The molecule has 3 heterocycles. The first-order valence-corrected chi connectivity index (χ1v) is 17.6. The quantitative estimate of drug-likeness (QED) is 0.182. The van der Waals surface area contributed by atoms with Gasteiger partial charge >= 0.3 is 0 Å². The Morgan fingerprint density at radius 3 is 1.90 bits per heavy atom. The molecular formula is C46H28N2S. The number of fused-ring (bicyclic) bond motifs is 11. The molecule has 0 amide bonds. The SMILES string of the molecule is c1ccc(-n2c3cc4c(cc3c3c5ccccc5ccc32)c2ccccc2n4-c2ccc(-c3cccc4sc5ccccc5c34)cc2)cc1. The lowest BCUT2D eigenvalue weighted by Gasteiger charge is -2.11. The van der Waals surface area contributed by atoms with Gasteiger partial charge in [0.15, 0.2) is 0 Å². The molecule has 3 aromatic heterocycles. The molecule has 0 aliphatic rings. The van der Waals surface area contributed by atoms with E-state index in [-0.39, 0.29) is 0 Å². The third kappa shape index (κ3) is 3.82. The van der Waals surface area contributed by atoms with Gasteiger partial charge in [0.25, 0.3) is 0 Å². The Bertz CT molecular complexity index is 3090. The predicted molar refractivity (Wildman–Crippen MR) is 211 cm³/mol. The van der Waals surface area contributed by atoms with Gasteiger partial charge in [-0.2, -0.15) is 0 Å². The van der Waals surface area contributed by atoms with Crippen LogP contribution in [0, 0.1) is 0 Å². The Balaban J connectivity index is 1.19. The summed E-state index contributed by atoms with van der Waals surface area (Å²) in [5, 5.41) is 10.3. The van der Waals surface area contributed by atoms with Crippen molar-refractivity contribution in [3.63, 3.8) is 0 Å². The molecule has 0 atom stereocenters. The Morgan fingerprint density at radius 1 is 0.347 bits per heavy atom. The highest BCUT2D eigenvalue weighted by Gasteiger charge is 2.20. The molecule has 11 rings (SSSR count). The molecule has 0 saturated heterocycles. The zero-order valence-electron chi connectivity index (χ0n) is 26.5. The van der Waals surface area contributed by atoms with Crippen LogP contribution in [0.3, 0.4) is 0 Å². The molecule has 0 N–H and O–H groups in total. The van der Waals surface area contributed by atoms with Gasteiger partial charge in [-0.05, 0) is 82.6 Å². The molecule has 0 radical (unpaired) electrons. The molecule has 0 spiro atoms. The molecule has 11 aromatic rings. The molecule has 0 saturated carbocycles. The van der Waals surface area contributed by atoms with Crippen molar-refractivity contribution in [2.75, 3.05) is 0 Å². The van der Waals surface area contributed by atoms with E-state index in [2.05, 4.69) is 179 Å². The molecular weight excluding hydrogens is 613 g/mol. The van der Waals surface area contributed by atoms with Crippen LogP contribution in [0.1, 0.15) is 0 Å². The van der Waals surface area contributed by atoms with Crippen LogP contribution in [0.15, 0.2) is 170 Å². The van der Waals surface area contributed by atoms with Gasteiger partial charge in [-0.15, -0.1) is 11.3 Å². The summed E-state index contributed by atoms with van der Waals surface area (Å²) < 4.78 is 7.54. The summed E-state index contributed by atoms with van der Waals surface area (Å²) in [6.45, 7) is 0. The molecule has 2 nitrogen and oxygen atoms in total. The van der Waals surface area contributed by atoms with E-state index >= 15 is 0 Å². The second-order valence-corrected chi connectivity index (χ2v) is 14.0. The van der Waals surface area contributed by atoms with Crippen molar-refractivity contribution in [3.8, 4) is 22.5 Å². The summed E-state index contributed by atoms with van der Waals surface area (Å²) in [7, 11) is 0. The van der Waals surface area contributed by atoms with Gasteiger partial charge in [0, 0.05) is 53.1 Å². The minimum absolute atomic E-state index is 1.16. The fraction of sp³-hybridized carbons (Fsp3) is 0. The number of nitrogens with zero attached hydrogens (tertiary/aromatic N) is 2. The lowest BCUT2D eigenvalue weighted by Crippen LogP contribution is -1.96. The Kier molecular flexibility index (Phi) is 5.57. The summed E-state index contributed by atoms with van der Waals surface area (Å²) in [5.74, 6) is 0. The number of rotatable bonds is 3. The average Bonchev–Trinajstić information content (AvgIpc) is 3.82. The smallest absolute Gasteiger partial charge is 0.0562 e. The van der Waals surface area contributed by atoms with Crippen LogP contribution in [0.5, 0.6) is 0 Å².